The Morgan fingerprint density at radius 3 is 2.73 bits per heavy atom. The van der Waals surface area contributed by atoms with Gasteiger partial charge in [0.05, 0.1) is 5.69 Å². The third kappa shape index (κ3) is 3.61. The summed E-state index contributed by atoms with van der Waals surface area (Å²) in [5.41, 5.74) is 9.50. The molecule has 2 aliphatic rings. The van der Waals surface area contributed by atoms with Gasteiger partial charge in [0.1, 0.15) is 5.82 Å². The highest BCUT2D eigenvalue weighted by Gasteiger charge is 2.43. The van der Waals surface area contributed by atoms with E-state index in [2.05, 4.69) is 57.1 Å². The van der Waals surface area contributed by atoms with Crippen molar-refractivity contribution in [3.8, 4) is 0 Å². The van der Waals surface area contributed by atoms with Crippen LogP contribution in [0.1, 0.15) is 31.5 Å². The zero-order valence-electron chi connectivity index (χ0n) is 17.8. The van der Waals surface area contributed by atoms with Crippen LogP contribution < -0.4 is 11.1 Å². The van der Waals surface area contributed by atoms with Crippen LogP contribution in [0.25, 0.3) is 10.8 Å². The summed E-state index contributed by atoms with van der Waals surface area (Å²) in [5.74, 6) is 0.568. The normalized spacial score (nSPS) is 21.7. The lowest BCUT2D eigenvalue weighted by atomic mass is 10.1. The zero-order chi connectivity index (χ0) is 20.7. The molecule has 2 saturated heterocycles. The number of rotatable bonds is 6. The maximum absolute atomic E-state index is 6.03. The predicted octanol–water partition coefficient (Wildman–Crippen LogP) is 3.49. The van der Waals surface area contributed by atoms with Gasteiger partial charge in [-0.25, -0.2) is 4.98 Å². The summed E-state index contributed by atoms with van der Waals surface area (Å²) in [6, 6.07) is 14.5. The van der Waals surface area contributed by atoms with Crippen molar-refractivity contribution in [2.75, 3.05) is 24.1 Å². The van der Waals surface area contributed by atoms with Crippen LogP contribution >= 0.6 is 0 Å². The highest BCUT2D eigenvalue weighted by molar-refractivity contribution is 5.99. The number of nitrogens with one attached hydrogen (secondary N) is 1. The third-order valence-corrected chi connectivity index (χ3v) is 6.63. The van der Waals surface area contributed by atoms with E-state index in [1.54, 1.807) is 6.20 Å². The Labute approximate surface area is 178 Å². The summed E-state index contributed by atoms with van der Waals surface area (Å²) in [4.78, 5) is 14.1. The molecule has 2 atom stereocenters. The number of benzene rings is 1. The third-order valence-electron chi connectivity index (χ3n) is 6.63. The van der Waals surface area contributed by atoms with Gasteiger partial charge < -0.3 is 11.1 Å². The topological polar surface area (TPSA) is 70.3 Å². The van der Waals surface area contributed by atoms with Crippen LogP contribution in [0.4, 0.5) is 11.5 Å². The molecule has 0 spiro atoms. The molecule has 0 aliphatic carbocycles. The number of fused-ring (bicyclic) bond motifs is 3. The summed E-state index contributed by atoms with van der Waals surface area (Å²) in [6.07, 6.45) is 5.00. The van der Waals surface area contributed by atoms with Gasteiger partial charge in [0.2, 0.25) is 0 Å². The predicted molar refractivity (Wildman–Crippen MR) is 122 cm³/mol. The fourth-order valence-corrected chi connectivity index (χ4v) is 5.12. The fraction of sp³-hybridized carbons (Fsp3) is 0.417. The lowest BCUT2D eigenvalue weighted by Crippen LogP contribution is -2.48. The number of nitrogen functional groups attached to an aromatic ring is 1. The highest BCUT2D eigenvalue weighted by Crippen LogP contribution is 2.33. The minimum absolute atomic E-state index is 0.568. The zero-order valence-corrected chi connectivity index (χ0v) is 17.8. The van der Waals surface area contributed by atoms with Crippen LogP contribution in [-0.4, -0.2) is 51.0 Å². The fourth-order valence-electron chi connectivity index (χ4n) is 5.12. The van der Waals surface area contributed by atoms with E-state index in [0.29, 0.717) is 23.9 Å². The largest absolute Gasteiger partial charge is 0.383 e. The Balaban J connectivity index is 1.25. The molecule has 0 saturated carbocycles. The van der Waals surface area contributed by atoms with Crippen molar-refractivity contribution in [2.24, 2.45) is 0 Å². The molecule has 4 heterocycles. The van der Waals surface area contributed by atoms with Gasteiger partial charge in [-0.05, 0) is 50.1 Å². The van der Waals surface area contributed by atoms with Crippen molar-refractivity contribution in [3.05, 3.63) is 60.0 Å². The molecule has 2 aromatic heterocycles. The first kappa shape index (κ1) is 19.3. The monoisotopic (exact) mass is 402 g/mol. The number of anilines is 2. The molecule has 1 aromatic carbocycles. The summed E-state index contributed by atoms with van der Waals surface area (Å²) in [7, 11) is 0. The van der Waals surface area contributed by atoms with Crippen LogP contribution in [0.15, 0.2) is 48.8 Å². The number of hydrogen-bond donors (Lipinski definition) is 2. The second-order valence-corrected chi connectivity index (χ2v) is 8.87. The first-order valence-electron chi connectivity index (χ1n) is 10.9. The molecular weight excluding hydrogens is 372 g/mol. The molecule has 3 N–H and O–H groups in total. The molecule has 0 amide bonds. The molecule has 6 nitrogen and oxygen atoms in total. The summed E-state index contributed by atoms with van der Waals surface area (Å²) in [6.45, 7) is 8.68. The van der Waals surface area contributed by atoms with Gasteiger partial charge in [-0.3, -0.25) is 14.8 Å². The van der Waals surface area contributed by atoms with Crippen molar-refractivity contribution in [3.63, 3.8) is 0 Å². The van der Waals surface area contributed by atoms with E-state index in [1.807, 2.05) is 24.4 Å². The summed E-state index contributed by atoms with van der Waals surface area (Å²) in [5, 5.41) is 5.65. The van der Waals surface area contributed by atoms with Gasteiger partial charge >= 0.3 is 0 Å². The Morgan fingerprint density at radius 2 is 1.93 bits per heavy atom. The number of likely N-dealkylation sites (tertiary alicyclic amines) is 2. The minimum atomic E-state index is 0.568. The van der Waals surface area contributed by atoms with Gasteiger partial charge in [-0.2, -0.15) is 0 Å². The summed E-state index contributed by atoms with van der Waals surface area (Å²) < 4.78 is 0. The van der Waals surface area contributed by atoms with E-state index in [0.717, 1.165) is 35.2 Å². The standard InChI is InChI=1S/C24H30N6/c1-16(2)30-15-19-11-20(30)14-29(19)13-18-10-17(6-8-26-18)12-28-23-5-3-4-22-21(23)7-9-27-24(22)25/h3-10,16,19-20,28H,11-15H2,1-2H3,(H2,25,27)/t19-,20-/m1/s1. The Bertz CT molecular complexity index is 1050. The molecule has 0 radical (unpaired) electrons. The molecule has 2 aliphatic heterocycles. The highest BCUT2D eigenvalue weighted by atomic mass is 15.4. The Hall–Kier alpha value is -2.70. The van der Waals surface area contributed by atoms with Gasteiger partial charge in [0.15, 0.2) is 0 Å². The number of pyridine rings is 2. The van der Waals surface area contributed by atoms with Crippen molar-refractivity contribution in [1.29, 1.82) is 0 Å². The SMILES string of the molecule is CC(C)N1C[C@H]2C[C@@H]1CN2Cc1cc(CNc2cccc3c(N)nccc23)ccn1. The van der Waals surface area contributed by atoms with Crippen molar-refractivity contribution in [1.82, 2.24) is 19.8 Å². The van der Waals surface area contributed by atoms with Crippen LogP contribution in [-0.2, 0) is 13.1 Å². The molecule has 0 unspecified atom stereocenters. The number of nitrogens with two attached hydrogens (primary N) is 1. The van der Waals surface area contributed by atoms with Gasteiger partial charge in [0.25, 0.3) is 0 Å². The maximum Gasteiger partial charge on any atom is 0.131 e. The first-order chi connectivity index (χ1) is 14.6. The van der Waals surface area contributed by atoms with Crippen LogP contribution in [0.3, 0.4) is 0 Å². The smallest absolute Gasteiger partial charge is 0.131 e. The number of aromatic nitrogens is 2. The Morgan fingerprint density at radius 1 is 1.07 bits per heavy atom. The van der Waals surface area contributed by atoms with E-state index < -0.39 is 0 Å². The quantitative estimate of drug-likeness (QED) is 0.658. The van der Waals surface area contributed by atoms with Gasteiger partial charge in [-0.1, -0.05) is 12.1 Å². The van der Waals surface area contributed by atoms with Crippen molar-refractivity contribution < 1.29 is 0 Å². The average molecular weight is 403 g/mol. The molecule has 5 rings (SSSR count). The van der Waals surface area contributed by atoms with Crippen LogP contribution in [0, 0.1) is 0 Å². The van der Waals surface area contributed by atoms with Crippen molar-refractivity contribution in [2.45, 2.75) is 51.5 Å². The van der Waals surface area contributed by atoms with E-state index in [9.17, 15) is 0 Å². The molecule has 2 fully saturated rings. The molecule has 3 aromatic rings. The van der Waals surface area contributed by atoms with Gasteiger partial charge in [0, 0.05) is 73.2 Å². The van der Waals surface area contributed by atoms with E-state index >= 15 is 0 Å². The molecule has 6 heteroatoms. The van der Waals surface area contributed by atoms with Crippen LogP contribution in [0.5, 0.6) is 0 Å². The van der Waals surface area contributed by atoms with E-state index in [1.165, 1.54) is 25.1 Å². The molecule has 2 bridgehead atoms. The number of nitrogens with zero attached hydrogens (tertiary/aromatic N) is 4. The van der Waals surface area contributed by atoms with Gasteiger partial charge in [-0.15, -0.1) is 0 Å². The van der Waals surface area contributed by atoms with Crippen molar-refractivity contribution >= 4 is 22.3 Å². The molecule has 156 valence electrons. The lowest BCUT2D eigenvalue weighted by Gasteiger charge is -2.36. The Kier molecular flexibility index (Phi) is 5.05. The lowest BCUT2D eigenvalue weighted by molar-refractivity contribution is 0.0990. The maximum atomic E-state index is 6.03. The number of hydrogen-bond acceptors (Lipinski definition) is 6. The molecular formula is C24H30N6. The van der Waals surface area contributed by atoms with E-state index in [4.69, 9.17) is 5.73 Å². The summed E-state index contributed by atoms with van der Waals surface area (Å²) >= 11 is 0. The second kappa shape index (κ2) is 7.85. The molecule has 30 heavy (non-hydrogen) atoms. The minimum Gasteiger partial charge on any atom is -0.383 e. The second-order valence-electron chi connectivity index (χ2n) is 8.87. The first-order valence-corrected chi connectivity index (χ1v) is 10.9. The number of piperazine rings is 1. The van der Waals surface area contributed by atoms with Crippen LogP contribution in [0.2, 0.25) is 0 Å². The average Bonchev–Trinajstić information content (AvgIpc) is 3.34. The van der Waals surface area contributed by atoms with E-state index in [-0.39, 0.29) is 0 Å².